The predicted molar refractivity (Wildman–Crippen MR) is 76.2 cm³/mol. The molecule has 2 N–H and O–H groups in total. The minimum absolute atomic E-state index is 0.000122. The Labute approximate surface area is 120 Å². The summed E-state index contributed by atoms with van der Waals surface area (Å²) in [7, 11) is 0. The highest BCUT2D eigenvalue weighted by molar-refractivity contribution is 7.08. The zero-order valence-corrected chi connectivity index (χ0v) is 12.0. The molecule has 0 aromatic carbocycles. The lowest BCUT2D eigenvalue weighted by atomic mass is 10.2. The Morgan fingerprint density at radius 1 is 1.45 bits per heavy atom. The first kappa shape index (κ1) is 14.3. The number of carboxylic acid groups (broad SMARTS) is 1. The maximum absolute atomic E-state index is 12.0. The average molecular weight is 293 g/mol. The summed E-state index contributed by atoms with van der Waals surface area (Å²) >= 11 is 1.46. The zero-order chi connectivity index (χ0) is 14.7. The number of aryl methyl sites for hydroxylation is 2. The summed E-state index contributed by atoms with van der Waals surface area (Å²) < 4.78 is 1.60. The summed E-state index contributed by atoms with van der Waals surface area (Å²) in [5.41, 5.74) is 2.68. The van der Waals surface area contributed by atoms with E-state index < -0.39 is 5.97 Å². The Morgan fingerprint density at radius 2 is 2.20 bits per heavy atom. The van der Waals surface area contributed by atoms with Gasteiger partial charge in [-0.1, -0.05) is 0 Å². The van der Waals surface area contributed by atoms with Gasteiger partial charge in [-0.3, -0.25) is 14.3 Å². The topological polar surface area (TPSA) is 84.2 Å². The van der Waals surface area contributed by atoms with Crippen LogP contribution in [0, 0.1) is 13.8 Å². The number of anilines is 1. The van der Waals surface area contributed by atoms with Crippen molar-refractivity contribution in [3.05, 3.63) is 33.8 Å². The van der Waals surface area contributed by atoms with Crippen LogP contribution < -0.4 is 5.32 Å². The summed E-state index contributed by atoms with van der Waals surface area (Å²) in [4.78, 5) is 22.6. The summed E-state index contributed by atoms with van der Waals surface area (Å²) in [5.74, 6) is -1.06. The van der Waals surface area contributed by atoms with Gasteiger partial charge in [-0.15, -0.1) is 0 Å². The number of nitrogens with zero attached hydrogens (tertiary/aromatic N) is 2. The molecule has 0 atom stereocenters. The van der Waals surface area contributed by atoms with Gasteiger partial charge >= 0.3 is 5.97 Å². The molecule has 106 valence electrons. The van der Waals surface area contributed by atoms with E-state index in [1.807, 2.05) is 12.3 Å². The molecule has 2 heterocycles. The first-order valence-corrected chi connectivity index (χ1v) is 7.02. The summed E-state index contributed by atoms with van der Waals surface area (Å²) in [6.45, 7) is 3.88. The first-order chi connectivity index (χ1) is 9.49. The Balaban J connectivity index is 2.16. The number of aliphatic carboxylic acids is 1. The highest BCUT2D eigenvalue weighted by Gasteiger charge is 2.15. The van der Waals surface area contributed by atoms with Crippen molar-refractivity contribution in [3.63, 3.8) is 0 Å². The molecule has 0 fully saturated rings. The van der Waals surface area contributed by atoms with Crippen LogP contribution in [-0.2, 0) is 11.3 Å². The fourth-order valence-corrected chi connectivity index (χ4v) is 2.51. The molecule has 2 aromatic heterocycles. The van der Waals surface area contributed by atoms with Crippen LogP contribution in [0.2, 0.25) is 0 Å². The van der Waals surface area contributed by atoms with Crippen molar-refractivity contribution in [2.24, 2.45) is 0 Å². The maximum Gasteiger partial charge on any atom is 0.305 e. The smallest absolute Gasteiger partial charge is 0.305 e. The second kappa shape index (κ2) is 5.87. The van der Waals surface area contributed by atoms with E-state index in [1.54, 1.807) is 23.1 Å². The summed E-state index contributed by atoms with van der Waals surface area (Å²) in [5, 5.41) is 19.4. The third-order valence-corrected chi connectivity index (χ3v) is 3.62. The van der Waals surface area contributed by atoms with E-state index in [4.69, 9.17) is 5.11 Å². The van der Waals surface area contributed by atoms with E-state index in [9.17, 15) is 9.59 Å². The Morgan fingerprint density at radius 3 is 2.80 bits per heavy atom. The van der Waals surface area contributed by atoms with Crippen molar-refractivity contribution in [1.29, 1.82) is 0 Å². The molecule has 0 spiro atoms. The molecule has 0 aliphatic carbocycles. The van der Waals surface area contributed by atoms with Crippen molar-refractivity contribution in [2.45, 2.75) is 26.8 Å². The molecular formula is C13H15N3O3S. The van der Waals surface area contributed by atoms with Crippen molar-refractivity contribution in [2.75, 3.05) is 5.32 Å². The van der Waals surface area contributed by atoms with E-state index >= 15 is 0 Å². The van der Waals surface area contributed by atoms with Gasteiger partial charge in [0.2, 0.25) is 0 Å². The zero-order valence-electron chi connectivity index (χ0n) is 11.2. The Bertz CT molecular complexity index is 632. The molecular weight excluding hydrogens is 278 g/mol. The van der Waals surface area contributed by atoms with E-state index in [-0.39, 0.29) is 18.9 Å². The number of carboxylic acids is 1. The number of nitrogens with one attached hydrogen (secondary N) is 1. The van der Waals surface area contributed by atoms with E-state index in [2.05, 4.69) is 10.4 Å². The Kier molecular flexibility index (Phi) is 4.19. The molecule has 1 amide bonds. The van der Waals surface area contributed by atoms with Gasteiger partial charge in [0.15, 0.2) is 0 Å². The van der Waals surface area contributed by atoms with Crippen LogP contribution in [0.25, 0.3) is 0 Å². The predicted octanol–water partition coefficient (Wildman–Crippen LogP) is 2.29. The summed E-state index contributed by atoms with van der Waals surface area (Å²) in [6.07, 6.45) is -0.000122. The number of hydrogen-bond donors (Lipinski definition) is 2. The van der Waals surface area contributed by atoms with Gasteiger partial charge in [-0.05, 0) is 25.3 Å². The first-order valence-electron chi connectivity index (χ1n) is 6.08. The molecule has 2 aromatic rings. The van der Waals surface area contributed by atoms with Crippen molar-refractivity contribution < 1.29 is 14.7 Å². The number of carbonyl (C=O) groups excluding carboxylic acids is 1. The quantitative estimate of drug-likeness (QED) is 0.885. The molecule has 0 aliphatic rings. The minimum atomic E-state index is -0.874. The molecule has 6 nitrogen and oxygen atoms in total. The van der Waals surface area contributed by atoms with E-state index in [1.165, 1.54) is 11.3 Å². The second-order valence-electron chi connectivity index (χ2n) is 4.38. The standard InChI is InChI=1S/C13H15N3O3S/c1-8-12(14-13(19)10-4-6-20-7-10)9(2)16(15-8)5-3-11(17)18/h4,6-7H,3,5H2,1-2H3,(H,14,19)(H,17,18). The van der Waals surface area contributed by atoms with Crippen LogP contribution in [0.5, 0.6) is 0 Å². The lowest BCUT2D eigenvalue weighted by Crippen LogP contribution is -2.12. The number of hydrogen-bond acceptors (Lipinski definition) is 4. The molecule has 0 radical (unpaired) electrons. The summed E-state index contributed by atoms with van der Waals surface area (Å²) in [6, 6.07) is 1.75. The van der Waals surface area contributed by atoms with Crippen LogP contribution in [0.4, 0.5) is 5.69 Å². The lowest BCUT2D eigenvalue weighted by Gasteiger charge is -2.05. The number of rotatable bonds is 5. The van der Waals surface area contributed by atoms with E-state index in [0.717, 1.165) is 5.69 Å². The molecule has 0 bridgehead atoms. The molecule has 7 heteroatoms. The monoisotopic (exact) mass is 293 g/mol. The highest BCUT2D eigenvalue weighted by Crippen LogP contribution is 2.21. The van der Waals surface area contributed by atoms with Crippen LogP contribution >= 0.6 is 11.3 Å². The van der Waals surface area contributed by atoms with Crippen LogP contribution in [0.15, 0.2) is 16.8 Å². The van der Waals surface area contributed by atoms with Crippen molar-refractivity contribution in [1.82, 2.24) is 9.78 Å². The van der Waals surface area contributed by atoms with Crippen LogP contribution in [0.1, 0.15) is 28.2 Å². The Hall–Kier alpha value is -2.15. The van der Waals surface area contributed by atoms with Gasteiger partial charge in [0, 0.05) is 5.38 Å². The lowest BCUT2D eigenvalue weighted by molar-refractivity contribution is -0.137. The highest BCUT2D eigenvalue weighted by atomic mass is 32.1. The fraction of sp³-hybridized carbons (Fsp3) is 0.308. The molecule has 0 unspecified atom stereocenters. The molecule has 0 aliphatic heterocycles. The molecule has 0 saturated carbocycles. The molecule has 20 heavy (non-hydrogen) atoms. The number of aromatic nitrogens is 2. The maximum atomic E-state index is 12.0. The molecule has 2 rings (SSSR count). The van der Waals surface area contributed by atoms with Gasteiger partial charge in [0.25, 0.3) is 5.91 Å². The fourth-order valence-electron chi connectivity index (χ4n) is 1.88. The SMILES string of the molecule is Cc1nn(CCC(=O)O)c(C)c1NC(=O)c1ccsc1. The number of thiophene rings is 1. The van der Waals surface area contributed by atoms with E-state index in [0.29, 0.717) is 16.9 Å². The van der Waals surface area contributed by atoms with Gasteiger partial charge in [-0.25, -0.2) is 0 Å². The van der Waals surface area contributed by atoms with Gasteiger partial charge in [-0.2, -0.15) is 16.4 Å². The minimum Gasteiger partial charge on any atom is -0.481 e. The third kappa shape index (κ3) is 3.05. The normalized spacial score (nSPS) is 10.5. The van der Waals surface area contributed by atoms with Gasteiger partial charge in [0.05, 0.1) is 35.6 Å². The van der Waals surface area contributed by atoms with Gasteiger partial charge in [0.1, 0.15) is 0 Å². The van der Waals surface area contributed by atoms with Crippen molar-refractivity contribution >= 4 is 28.9 Å². The second-order valence-corrected chi connectivity index (χ2v) is 5.16. The van der Waals surface area contributed by atoms with Crippen LogP contribution in [-0.4, -0.2) is 26.8 Å². The van der Waals surface area contributed by atoms with Crippen molar-refractivity contribution in [3.8, 4) is 0 Å². The molecule has 0 saturated heterocycles. The van der Waals surface area contributed by atoms with Crippen LogP contribution in [0.3, 0.4) is 0 Å². The third-order valence-electron chi connectivity index (χ3n) is 2.94. The average Bonchev–Trinajstić information content (AvgIpc) is 3.00. The number of amides is 1. The number of carbonyl (C=O) groups is 2. The largest absolute Gasteiger partial charge is 0.481 e. The van der Waals surface area contributed by atoms with Gasteiger partial charge < -0.3 is 10.4 Å².